The van der Waals surface area contributed by atoms with Gasteiger partial charge in [0.15, 0.2) is 0 Å². The van der Waals surface area contributed by atoms with Crippen LogP contribution in [0, 0.1) is 11.7 Å². The first-order valence-corrected chi connectivity index (χ1v) is 22.2. The normalized spacial score (nSPS) is 23.5. The maximum atomic E-state index is 16.1. The van der Waals surface area contributed by atoms with Crippen LogP contribution in [0.4, 0.5) is 15.8 Å². The maximum Gasteiger partial charge on any atom is 0.255 e. The van der Waals surface area contributed by atoms with Crippen LogP contribution in [-0.4, -0.2) is 72.2 Å². The number of piperidine rings is 1. The fourth-order valence-electron chi connectivity index (χ4n) is 9.62. The number of benzene rings is 4. The van der Waals surface area contributed by atoms with E-state index < -0.39 is 29.6 Å². The third-order valence-electron chi connectivity index (χ3n) is 13.0. The molecule has 4 aromatic carbocycles. The van der Waals surface area contributed by atoms with Crippen LogP contribution < -0.4 is 31.9 Å². The van der Waals surface area contributed by atoms with Gasteiger partial charge in [-0.3, -0.25) is 29.3 Å². The minimum Gasteiger partial charge on any atom is -0.385 e. The Hall–Kier alpha value is -5.34. The SMILES string of the molecule is O=C1CCC(N2Cc3c(NCCCCNC(=O)c4ccc([C@H]5C[C@H](NCC6CC6)[C@H]([C@H](c6cccc(Cl)c6F)[C@H]6C(=O)Nc7cc(Cl)ccc76)N5)cc4)cccc3C2=O)C(=O)N1. The Morgan fingerprint density at radius 1 is 0.887 bits per heavy atom. The highest BCUT2D eigenvalue weighted by Gasteiger charge is 2.49. The van der Waals surface area contributed by atoms with Gasteiger partial charge in [0.25, 0.3) is 11.8 Å². The topological polar surface area (TPSA) is 161 Å². The maximum absolute atomic E-state index is 16.1. The number of nitrogens with zero attached hydrogens (tertiary/aromatic N) is 1. The molecule has 0 bridgehead atoms. The van der Waals surface area contributed by atoms with Crippen molar-refractivity contribution in [3.63, 3.8) is 0 Å². The van der Waals surface area contributed by atoms with Crippen molar-refractivity contribution in [1.82, 2.24) is 26.2 Å². The molecular weight excluding hydrogens is 832 g/mol. The van der Waals surface area contributed by atoms with Gasteiger partial charge in [-0.05, 0) is 110 Å². The summed E-state index contributed by atoms with van der Waals surface area (Å²) in [6.45, 7) is 2.22. The number of carbonyl (C=O) groups is 5. The largest absolute Gasteiger partial charge is 0.385 e. The van der Waals surface area contributed by atoms with Crippen LogP contribution in [0.5, 0.6) is 0 Å². The molecule has 62 heavy (non-hydrogen) atoms. The average Bonchev–Trinajstić information content (AvgIpc) is 3.79. The van der Waals surface area contributed by atoms with E-state index in [9.17, 15) is 24.0 Å². The molecular formula is C47H48Cl2FN7O5. The van der Waals surface area contributed by atoms with E-state index in [1.54, 1.807) is 35.2 Å². The number of amides is 5. The number of fused-ring (bicyclic) bond motifs is 2. The van der Waals surface area contributed by atoms with E-state index in [0.29, 0.717) is 65.8 Å². The molecule has 3 fully saturated rings. The van der Waals surface area contributed by atoms with Gasteiger partial charge >= 0.3 is 0 Å². The molecule has 1 aliphatic carbocycles. The van der Waals surface area contributed by atoms with Crippen molar-refractivity contribution < 1.29 is 28.4 Å². The van der Waals surface area contributed by atoms with E-state index in [-0.39, 0.29) is 53.2 Å². The fourth-order valence-corrected chi connectivity index (χ4v) is 9.98. The molecule has 9 rings (SSSR count). The Bertz CT molecular complexity index is 2430. The summed E-state index contributed by atoms with van der Waals surface area (Å²) in [6.07, 6.45) is 5.03. The van der Waals surface area contributed by atoms with Gasteiger partial charge in [-0.15, -0.1) is 0 Å². The van der Waals surface area contributed by atoms with E-state index in [1.807, 2.05) is 42.5 Å². The van der Waals surface area contributed by atoms with Crippen molar-refractivity contribution >= 4 is 64.1 Å². The van der Waals surface area contributed by atoms with Gasteiger partial charge in [0.1, 0.15) is 11.9 Å². The highest BCUT2D eigenvalue weighted by atomic mass is 35.5. The smallest absolute Gasteiger partial charge is 0.255 e. The Morgan fingerprint density at radius 3 is 2.47 bits per heavy atom. The van der Waals surface area contributed by atoms with Gasteiger partial charge < -0.3 is 31.5 Å². The molecule has 6 N–H and O–H groups in total. The van der Waals surface area contributed by atoms with Crippen LogP contribution >= 0.6 is 23.2 Å². The zero-order chi connectivity index (χ0) is 43.1. The lowest BCUT2D eigenvalue weighted by molar-refractivity contribution is -0.137. The predicted molar refractivity (Wildman–Crippen MR) is 235 cm³/mol. The van der Waals surface area contributed by atoms with Gasteiger partial charge in [-0.25, -0.2) is 4.39 Å². The van der Waals surface area contributed by atoms with Crippen LogP contribution in [0.1, 0.15) is 106 Å². The Kier molecular flexibility index (Phi) is 12.1. The molecule has 2 saturated heterocycles. The number of halogens is 3. The van der Waals surface area contributed by atoms with Crippen LogP contribution in [0.2, 0.25) is 10.0 Å². The Morgan fingerprint density at radius 2 is 1.68 bits per heavy atom. The van der Waals surface area contributed by atoms with Crippen molar-refractivity contribution in [2.75, 3.05) is 30.3 Å². The predicted octanol–water partition coefficient (Wildman–Crippen LogP) is 6.81. The standard InChI is InChI=1S/C47H48Cl2FN7O5/c48-28-15-16-30-36(21-28)55-46(61)41(30)40(31-6-3-7-33(49)42(31)50)43-37(53-23-25-9-10-25)22-35(54-43)26-11-13-27(14-12-26)44(59)52-20-2-1-19-51-34-8-4-5-29-32(34)24-57(47(29)62)38-17-18-39(58)56-45(38)60/h3-8,11-16,21,25,35,37-38,40-41,43,51,53-54H,1-2,9-10,17-20,22-24H2,(H,52,59)(H,55,61)(H,56,58,60)/t35-,37+,38?,40-,41+,43-/m1/s1. The fraction of sp³-hybridized carbons (Fsp3) is 0.383. The number of hydrogen-bond donors (Lipinski definition) is 6. The summed E-state index contributed by atoms with van der Waals surface area (Å²) in [6, 6.07) is 22.1. The molecule has 0 radical (unpaired) electrons. The molecule has 4 aromatic rings. The number of nitrogens with one attached hydrogen (secondary N) is 6. The monoisotopic (exact) mass is 879 g/mol. The van der Waals surface area contributed by atoms with Crippen molar-refractivity contribution in [2.45, 2.75) is 87.5 Å². The molecule has 1 saturated carbocycles. The summed E-state index contributed by atoms with van der Waals surface area (Å²) in [5.74, 6) is -2.61. The molecule has 5 amide bonds. The number of rotatable bonds is 15. The second-order valence-corrected chi connectivity index (χ2v) is 17.9. The number of carbonyl (C=O) groups excluding carboxylic acids is 5. The molecule has 5 aliphatic rings. The highest BCUT2D eigenvalue weighted by molar-refractivity contribution is 6.31. The molecule has 1 unspecified atom stereocenters. The van der Waals surface area contributed by atoms with Crippen molar-refractivity contribution in [2.24, 2.45) is 5.92 Å². The van der Waals surface area contributed by atoms with Gasteiger partial charge in [-0.2, -0.15) is 0 Å². The first-order valence-electron chi connectivity index (χ1n) is 21.5. The first-order chi connectivity index (χ1) is 30.0. The number of unbranched alkanes of at least 4 members (excludes halogenated alkanes) is 1. The van der Waals surface area contributed by atoms with E-state index in [1.165, 1.54) is 18.9 Å². The van der Waals surface area contributed by atoms with E-state index >= 15 is 4.39 Å². The second-order valence-electron chi connectivity index (χ2n) is 17.0. The lowest BCUT2D eigenvalue weighted by Crippen LogP contribution is -2.52. The minimum absolute atomic E-state index is 0.000189. The van der Waals surface area contributed by atoms with Crippen LogP contribution in [0.15, 0.2) is 78.9 Å². The Labute approximate surface area is 369 Å². The molecule has 0 spiro atoms. The van der Waals surface area contributed by atoms with Crippen molar-refractivity contribution in [3.05, 3.63) is 128 Å². The van der Waals surface area contributed by atoms with Crippen molar-refractivity contribution in [1.29, 1.82) is 0 Å². The summed E-state index contributed by atoms with van der Waals surface area (Å²) >= 11 is 12.7. The first kappa shape index (κ1) is 42.0. The van der Waals surface area contributed by atoms with Gasteiger partial charge in [0.2, 0.25) is 17.7 Å². The summed E-state index contributed by atoms with van der Waals surface area (Å²) in [5, 5.41) is 19.9. The molecule has 4 heterocycles. The average molecular weight is 881 g/mol. The van der Waals surface area contributed by atoms with E-state index in [4.69, 9.17) is 23.2 Å². The summed E-state index contributed by atoms with van der Waals surface area (Å²) in [5.41, 5.74) is 5.49. The lowest BCUT2D eigenvalue weighted by Gasteiger charge is -2.34. The van der Waals surface area contributed by atoms with Crippen LogP contribution in [0.3, 0.4) is 0 Å². The number of imide groups is 1. The zero-order valence-electron chi connectivity index (χ0n) is 33.9. The minimum atomic E-state index is -0.693. The van der Waals surface area contributed by atoms with Gasteiger partial charge in [0.05, 0.1) is 10.9 Å². The Balaban J connectivity index is 0.822. The number of anilines is 2. The van der Waals surface area contributed by atoms with Gasteiger partial charge in [-0.1, -0.05) is 59.6 Å². The van der Waals surface area contributed by atoms with E-state index in [2.05, 4.69) is 31.9 Å². The third kappa shape index (κ3) is 8.55. The van der Waals surface area contributed by atoms with Crippen LogP contribution in [0.25, 0.3) is 0 Å². The second kappa shape index (κ2) is 17.8. The van der Waals surface area contributed by atoms with Crippen molar-refractivity contribution in [3.8, 4) is 0 Å². The third-order valence-corrected chi connectivity index (χ3v) is 13.5. The lowest BCUT2D eigenvalue weighted by atomic mass is 9.75. The molecule has 12 nitrogen and oxygen atoms in total. The number of hydrogen-bond acceptors (Lipinski definition) is 8. The van der Waals surface area contributed by atoms with E-state index in [0.717, 1.165) is 41.8 Å². The molecule has 0 aromatic heterocycles. The highest BCUT2D eigenvalue weighted by Crippen LogP contribution is 2.49. The quantitative estimate of drug-likeness (QED) is 0.0562. The summed E-state index contributed by atoms with van der Waals surface area (Å²) < 4.78 is 16.1. The molecule has 4 aliphatic heterocycles. The summed E-state index contributed by atoms with van der Waals surface area (Å²) in [7, 11) is 0. The zero-order valence-corrected chi connectivity index (χ0v) is 35.5. The molecule has 6 atom stereocenters. The molecule has 15 heteroatoms. The van der Waals surface area contributed by atoms with Crippen LogP contribution in [-0.2, 0) is 20.9 Å². The summed E-state index contributed by atoms with van der Waals surface area (Å²) in [4.78, 5) is 65.9. The van der Waals surface area contributed by atoms with Gasteiger partial charge in [0, 0.05) is 83.2 Å². The molecule has 322 valence electrons.